The Hall–Kier alpha value is -0.750. The molecule has 7 heteroatoms. The first-order valence-electron chi connectivity index (χ1n) is 4.25. The second-order valence-corrected chi connectivity index (χ2v) is 6.99. The van der Waals surface area contributed by atoms with Crippen molar-refractivity contribution >= 4 is 41.0 Å². The number of thiophene rings is 1. The van der Waals surface area contributed by atoms with Gasteiger partial charge in [-0.3, -0.25) is 0 Å². The zero-order valence-corrected chi connectivity index (χ0v) is 11.7. The molecule has 0 amide bonds. The molecule has 1 N–H and O–H groups in total. The summed E-state index contributed by atoms with van der Waals surface area (Å²) in [6.07, 6.45) is 0. The maximum atomic E-state index is 9.16. The van der Waals surface area contributed by atoms with Crippen molar-refractivity contribution in [2.24, 2.45) is 0 Å². The summed E-state index contributed by atoms with van der Waals surface area (Å²) in [5.74, 6) is 0.322. The van der Waals surface area contributed by atoms with Gasteiger partial charge in [0.15, 0.2) is 0 Å². The molecular formula is C10H10Cl2O3S2. The summed E-state index contributed by atoms with van der Waals surface area (Å²) in [4.78, 5) is 0. The van der Waals surface area contributed by atoms with Gasteiger partial charge in [-0.2, -0.15) is 19.8 Å². The van der Waals surface area contributed by atoms with E-state index in [1.807, 2.05) is 29.0 Å². The first-order chi connectivity index (χ1) is 7.89. The number of aromatic hydroxyl groups is 1. The van der Waals surface area contributed by atoms with E-state index in [4.69, 9.17) is 13.5 Å². The van der Waals surface area contributed by atoms with Gasteiger partial charge in [0.05, 0.1) is 0 Å². The molecule has 0 unspecified atom stereocenters. The van der Waals surface area contributed by atoms with Crippen molar-refractivity contribution in [3.63, 3.8) is 0 Å². The van der Waals surface area contributed by atoms with Gasteiger partial charge >= 0.3 is 8.26 Å². The smallest absolute Gasteiger partial charge is 0.317 e. The normalized spacial score (nSPS) is 9.29. The Morgan fingerprint density at radius 1 is 0.941 bits per heavy atom. The Morgan fingerprint density at radius 2 is 1.35 bits per heavy atom. The summed E-state index contributed by atoms with van der Waals surface area (Å²) in [6.45, 7) is 0. The molecule has 0 atom stereocenters. The molecule has 1 heterocycles. The zero-order chi connectivity index (χ0) is 13.1. The van der Waals surface area contributed by atoms with Crippen LogP contribution in [0.3, 0.4) is 0 Å². The van der Waals surface area contributed by atoms with Crippen LogP contribution in [0.5, 0.6) is 5.75 Å². The maximum Gasteiger partial charge on any atom is 0.317 e. The Labute approximate surface area is 113 Å². The van der Waals surface area contributed by atoms with Crippen molar-refractivity contribution in [2.45, 2.75) is 0 Å². The Balaban J connectivity index is 0.000000232. The number of halogens is 2. The highest BCUT2D eigenvalue weighted by atomic mass is 36.0. The Morgan fingerprint density at radius 3 is 1.53 bits per heavy atom. The van der Waals surface area contributed by atoms with Gasteiger partial charge < -0.3 is 5.11 Å². The molecule has 1 aromatic heterocycles. The highest BCUT2D eigenvalue weighted by Gasteiger charge is 1.88. The molecule has 2 aromatic rings. The van der Waals surface area contributed by atoms with Crippen LogP contribution in [0.15, 0.2) is 53.2 Å². The topological polar surface area (TPSA) is 54.4 Å². The molecule has 0 aliphatic rings. The third-order valence-corrected chi connectivity index (χ3v) is 1.81. The van der Waals surface area contributed by atoms with Gasteiger partial charge in [-0.05, 0) is 22.9 Å². The third-order valence-electron chi connectivity index (χ3n) is 1.18. The van der Waals surface area contributed by atoms with Crippen molar-refractivity contribution in [1.29, 1.82) is 0 Å². The number of phenols is 1. The number of para-hydroxylation sites is 1. The van der Waals surface area contributed by atoms with Gasteiger partial charge in [0.2, 0.25) is 0 Å². The van der Waals surface area contributed by atoms with Crippen LogP contribution in [-0.2, 0) is 8.26 Å². The molecule has 1 aromatic carbocycles. The minimum atomic E-state index is -3.72. The van der Waals surface area contributed by atoms with Crippen molar-refractivity contribution in [1.82, 2.24) is 0 Å². The highest BCUT2D eigenvalue weighted by Crippen LogP contribution is 2.02. The summed E-state index contributed by atoms with van der Waals surface area (Å²) in [5, 5.41) is 12.7. The number of hydrogen-bond donors (Lipinski definition) is 1. The molecule has 0 saturated heterocycles. The summed E-state index contributed by atoms with van der Waals surface area (Å²) in [7, 11) is 4.81. The van der Waals surface area contributed by atoms with Crippen LogP contribution in [0.2, 0.25) is 0 Å². The van der Waals surface area contributed by atoms with Crippen LogP contribution in [-0.4, -0.2) is 13.5 Å². The van der Waals surface area contributed by atoms with E-state index in [2.05, 4.69) is 21.4 Å². The number of phenolic OH excluding ortho intramolecular Hbond substituents is 1. The van der Waals surface area contributed by atoms with Crippen molar-refractivity contribution in [3.8, 4) is 5.75 Å². The average Bonchev–Trinajstić information content (AvgIpc) is 2.73. The maximum absolute atomic E-state index is 9.16. The summed E-state index contributed by atoms with van der Waals surface area (Å²) < 4.78 is 18.3. The van der Waals surface area contributed by atoms with Crippen LogP contribution in [0.4, 0.5) is 0 Å². The van der Waals surface area contributed by atoms with Crippen molar-refractivity contribution < 1.29 is 13.5 Å². The quantitative estimate of drug-likeness (QED) is 0.752. The predicted octanol–water partition coefficient (Wildman–Crippen LogP) is 3.85. The van der Waals surface area contributed by atoms with Gasteiger partial charge in [0.25, 0.3) is 0 Å². The first-order valence-corrected chi connectivity index (χ1v) is 8.33. The molecule has 0 bridgehead atoms. The second kappa shape index (κ2) is 9.30. The molecule has 0 aliphatic heterocycles. The van der Waals surface area contributed by atoms with Crippen LogP contribution >= 0.6 is 32.7 Å². The molecule has 0 saturated carbocycles. The second-order valence-electron chi connectivity index (χ2n) is 2.51. The highest BCUT2D eigenvalue weighted by molar-refractivity contribution is 8.31. The number of hydrogen-bond acceptors (Lipinski definition) is 4. The molecule has 17 heavy (non-hydrogen) atoms. The van der Waals surface area contributed by atoms with Gasteiger partial charge in [-0.25, -0.2) is 0 Å². The van der Waals surface area contributed by atoms with E-state index in [9.17, 15) is 0 Å². The molecule has 0 spiro atoms. The zero-order valence-electron chi connectivity index (χ0n) is 8.53. The lowest BCUT2D eigenvalue weighted by atomic mass is 10.3. The van der Waals surface area contributed by atoms with Gasteiger partial charge in [0, 0.05) is 21.4 Å². The molecule has 94 valence electrons. The fourth-order valence-corrected chi connectivity index (χ4v) is 1.11. The van der Waals surface area contributed by atoms with Crippen LogP contribution in [0, 0.1) is 0 Å². The number of benzene rings is 1. The molecule has 0 radical (unpaired) electrons. The minimum absolute atomic E-state index is 0.322. The van der Waals surface area contributed by atoms with E-state index >= 15 is 0 Å². The van der Waals surface area contributed by atoms with E-state index in [0.717, 1.165) is 0 Å². The van der Waals surface area contributed by atoms with Gasteiger partial charge in [-0.1, -0.05) is 30.3 Å². The fraction of sp³-hybridized carbons (Fsp3) is 0. The molecule has 0 aliphatic carbocycles. The third kappa shape index (κ3) is 17.8. The molecule has 2 rings (SSSR count). The Kier molecular flexibility index (Phi) is 8.89. The monoisotopic (exact) mass is 312 g/mol. The molecule has 0 fully saturated rings. The van der Waals surface area contributed by atoms with E-state index < -0.39 is 8.26 Å². The molecule has 3 nitrogen and oxygen atoms in total. The lowest BCUT2D eigenvalue weighted by Gasteiger charge is -1.82. The summed E-state index contributed by atoms with van der Waals surface area (Å²) in [6, 6.07) is 12.7. The SMILES string of the molecule is O=S(=O)(Cl)Cl.Oc1ccccc1.c1ccsc1. The average molecular weight is 313 g/mol. The number of rotatable bonds is 0. The van der Waals surface area contributed by atoms with E-state index in [0.29, 0.717) is 5.75 Å². The van der Waals surface area contributed by atoms with Crippen molar-refractivity contribution in [3.05, 3.63) is 53.2 Å². The summed E-state index contributed by atoms with van der Waals surface area (Å²) in [5.41, 5.74) is 0. The van der Waals surface area contributed by atoms with Gasteiger partial charge in [-0.15, -0.1) is 0 Å². The van der Waals surface area contributed by atoms with E-state index in [1.54, 1.807) is 35.6 Å². The Bertz CT molecular complexity index is 444. The minimum Gasteiger partial charge on any atom is -0.508 e. The van der Waals surface area contributed by atoms with E-state index in [1.165, 1.54) is 0 Å². The lowest BCUT2D eigenvalue weighted by Crippen LogP contribution is -1.63. The van der Waals surface area contributed by atoms with E-state index in [-0.39, 0.29) is 0 Å². The first kappa shape index (κ1) is 16.2. The van der Waals surface area contributed by atoms with Crippen LogP contribution in [0.25, 0.3) is 0 Å². The van der Waals surface area contributed by atoms with Crippen LogP contribution in [0.1, 0.15) is 0 Å². The fourth-order valence-electron chi connectivity index (χ4n) is 0.655. The van der Waals surface area contributed by atoms with Crippen molar-refractivity contribution in [2.75, 3.05) is 0 Å². The standard InChI is InChI=1S/C6H6O.C4H4S.Cl2O2S/c7-6-4-2-1-3-5-6;1-2-4-5-3-1;1-5(2,3)4/h1-5,7H;1-4H;. The lowest BCUT2D eigenvalue weighted by molar-refractivity contribution is 0.475. The predicted molar refractivity (Wildman–Crippen MR) is 73.1 cm³/mol. The van der Waals surface area contributed by atoms with Crippen LogP contribution < -0.4 is 0 Å². The van der Waals surface area contributed by atoms with Gasteiger partial charge in [0.1, 0.15) is 5.75 Å². The molecular weight excluding hydrogens is 303 g/mol. The summed E-state index contributed by atoms with van der Waals surface area (Å²) >= 11 is 1.71. The largest absolute Gasteiger partial charge is 0.508 e.